The fraction of sp³-hybridized carbons (Fsp3) is 0.667. The van der Waals surface area contributed by atoms with Crippen molar-refractivity contribution in [1.82, 2.24) is 5.32 Å². The van der Waals surface area contributed by atoms with E-state index >= 15 is 0 Å². The summed E-state index contributed by atoms with van der Waals surface area (Å²) in [4.78, 5) is 0. The summed E-state index contributed by atoms with van der Waals surface area (Å²) in [5.41, 5.74) is 1.52. The van der Waals surface area contributed by atoms with Gasteiger partial charge in [-0.3, -0.25) is 0 Å². The van der Waals surface area contributed by atoms with E-state index in [0.29, 0.717) is 11.5 Å². The second-order valence-electron chi connectivity index (χ2n) is 6.71. The molecule has 1 aromatic rings. The largest absolute Gasteiger partial charge is 0.497 e. The van der Waals surface area contributed by atoms with Gasteiger partial charge in [-0.05, 0) is 49.4 Å². The minimum absolute atomic E-state index is 0.300. The molecule has 0 bridgehead atoms. The van der Waals surface area contributed by atoms with Crippen LogP contribution in [0.3, 0.4) is 0 Å². The number of methoxy groups -OCH3 is 2. The SMILES string of the molecule is CCCNC(CCC(C)(C)C)c1cc(OC)ccc1OC. The first-order valence-electron chi connectivity index (χ1n) is 7.86. The number of nitrogens with one attached hydrogen (secondary N) is 1. The molecule has 0 aromatic heterocycles. The average Bonchev–Trinajstić information content (AvgIpc) is 2.45. The molecule has 1 rings (SSSR count). The van der Waals surface area contributed by atoms with Crippen LogP contribution in [0.25, 0.3) is 0 Å². The zero-order valence-electron chi connectivity index (χ0n) is 14.5. The summed E-state index contributed by atoms with van der Waals surface area (Å²) in [5, 5.41) is 3.65. The van der Waals surface area contributed by atoms with Gasteiger partial charge >= 0.3 is 0 Å². The van der Waals surface area contributed by atoms with E-state index in [-0.39, 0.29) is 0 Å². The first kappa shape index (κ1) is 17.8. The zero-order valence-corrected chi connectivity index (χ0v) is 14.5. The van der Waals surface area contributed by atoms with Gasteiger partial charge in [-0.25, -0.2) is 0 Å². The van der Waals surface area contributed by atoms with Gasteiger partial charge in [-0.2, -0.15) is 0 Å². The molecule has 0 aliphatic heterocycles. The summed E-state index contributed by atoms with van der Waals surface area (Å²) in [6.07, 6.45) is 3.38. The summed E-state index contributed by atoms with van der Waals surface area (Å²) in [7, 11) is 3.43. The molecule has 1 N–H and O–H groups in total. The molecule has 21 heavy (non-hydrogen) atoms. The monoisotopic (exact) mass is 293 g/mol. The molecule has 3 nitrogen and oxygen atoms in total. The number of ether oxygens (including phenoxy) is 2. The van der Waals surface area contributed by atoms with E-state index in [1.807, 2.05) is 12.1 Å². The van der Waals surface area contributed by atoms with Gasteiger partial charge in [0.2, 0.25) is 0 Å². The molecule has 0 aliphatic carbocycles. The van der Waals surface area contributed by atoms with Crippen LogP contribution in [0.15, 0.2) is 18.2 Å². The summed E-state index contributed by atoms with van der Waals surface area (Å²) in [6, 6.07) is 6.33. The van der Waals surface area contributed by atoms with Gasteiger partial charge in [0, 0.05) is 11.6 Å². The van der Waals surface area contributed by atoms with E-state index in [1.54, 1.807) is 14.2 Å². The van der Waals surface area contributed by atoms with Crippen LogP contribution in [0.1, 0.15) is 58.6 Å². The third-order valence-electron chi connectivity index (χ3n) is 3.64. The van der Waals surface area contributed by atoms with Crippen molar-refractivity contribution < 1.29 is 9.47 Å². The van der Waals surface area contributed by atoms with Crippen LogP contribution in [-0.4, -0.2) is 20.8 Å². The molecule has 0 spiro atoms. The Hall–Kier alpha value is -1.22. The van der Waals surface area contributed by atoms with E-state index in [0.717, 1.165) is 37.3 Å². The molecule has 0 fully saturated rings. The molecule has 0 saturated heterocycles. The number of benzene rings is 1. The lowest BCUT2D eigenvalue weighted by Crippen LogP contribution is -2.24. The lowest BCUT2D eigenvalue weighted by Gasteiger charge is -2.26. The highest BCUT2D eigenvalue weighted by molar-refractivity contribution is 5.42. The van der Waals surface area contributed by atoms with E-state index in [4.69, 9.17) is 9.47 Å². The van der Waals surface area contributed by atoms with Crippen molar-refractivity contribution in [3.63, 3.8) is 0 Å². The van der Waals surface area contributed by atoms with E-state index in [2.05, 4.69) is 39.1 Å². The van der Waals surface area contributed by atoms with Gasteiger partial charge in [0.15, 0.2) is 0 Å². The summed E-state index contributed by atoms with van der Waals surface area (Å²) >= 11 is 0. The summed E-state index contributed by atoms with van der Waals surface area (Å²) in [5.74, 6) is 1.81. The molecule has 0 saturated carbocycles. The molecule has 3 heteroatoms. The standard InChI is InChI=1S/C18H31NO2/c1-7-12-19-16(10-11-18(2,3)4)15-13-14(20-5)8-9-17(15)21-6/h8-9,13,16,19H,7,10-12H2,1-6H3. The lowest BCUT2D eigenvalue weighted by molar-refractivity contribution is 0.325. The molecule has 1 aromatic carbocycles. The smallest absolute Gasteiger partial charge is 0.123 e. The average molecular weight is 293 g/mol. The Kier molecular flexibility index (Phi) is 7.03. The highest BCUT2D eigenvalue weighted by Crippen LogP contribution is 2.34. The van der Waals surface area contributed by atoms with Crippen LogP contribution in [-0.2, 0) is 0 Å². The van der Waals surface area contributed by atoms with Gasteiger partial charge in [0.1, 0.15) is 11.5 Å². The molecule has 1 atom stereocenters. The first-order chi connectivity index (χ1) is 9.91. The Morgan fingerprint density at radius 3 is 2.38 bits per heavy atom. The van der Waals surface area contributed by atoms with Gasteiger partial charge in [-0.1, -0.05) is 27.7 Å². The van der Waals surface area contributed by atoms with Crippen molar-refractivity contribution in [2.45, 2.75) is 53.0 Å². The minimum Gasteiger partial charge on any atom is -0.497 e. The third kappa shape index (κ3) is 5.96. The van der Waals surface area contributed by atoms with E-state index in [1.165, 1.54) is 5.56 Å². The molecule has 0 radical (unpaired) electrons. The summed E-state index contributed by atoms with van der Waals surface area (Å²) in [6.45, 7) is 10.1. The predicted molar refractivity (Wildman–Crippen MR) is 89.3 cm³/mol. The second-order valence-corrected chi connectivity index (χ2v) is 6.71. The maximum absolute atomic E-state index is 5.54. The number of hydrogen-bond acceptors (Lipinski definition) is 3. The Balaban J connectivity index is 2.99. The van der Waals surface area contributed by atoms with Crippen molar-refractivity contribution in [3.05, 3.63) is 23.8 Å². The molecule has 120 valence electrons. The molecule has 0 amide bonds. The van der Waals surface area contributed by atoms with E-state index in [9.17, 15) is 0 Å². The number of hydrogen-bond donors (Lipinski definition) is 1. The Labute approximate surface area is 130 Å². The third-order valence-corrected chi connectivity index (χ3v) is 3.64. The highest BCUT2D eigenvalue weighted by atomic mass is 16.5. The van der Waals surface area contributed by atoms with Crippen LogP contribution >= 0.6 is 0 Å². The maximum Gasteiger partial charge on any atom is 0.123 e. The van der Waals surface area contributed by atoms with Crippen LogP contribution < -0.4 is 14.8 Å². The number of rotatable bonds is 8. The minimum atomic E-state index is 0.300. The molecule has 0 heterocycles. The van der Waals surface area contributed by atoms with Gasteiger partial charge in [0.05, 0.1) is 14.2 Å². The van der Waals surface area contributed by atoms with Crippen LogP contribution in [0.4, 0.5) is 0 Å². The predicted octanol–water partition coefficient (Wildman–Crippen LogP) is 4.57. The topological polar surface area (TPSA) is 30.5 Å². The quantitative estimate of drug-likeness (QED) is 0.761. The molecular formula is C18H31NO2. The zero-order chi connectivity index (χ0) is 15.9. The normalized spacial score (nSPS) is 13.0. The lowest BCUT2D eigenvalue weighted by atomic mass is 9.87. The fourth-order valence-corrected chi connectivity index (χ4v) is 2.38. The summed E-state index contributed by atoms with van der Waals surface area (Å²) < 4.78 is 10.9. The van der Waals surface area contributed by atoms with Crippen LogP contribution in [0.5, 0.6) is 11.5 Å². The molecular weight excluding hydrogens is 262 g/mol. The van der Waals surface area contributed by atoms with E-state index < -0.39 is 0 Å². The fourth-order valence-electron chi connectivity index (χ4n) is 2.38. The Morgan fingerprint density at radius 2 is 1.86 bits per heavy atom. The maximum atomic E-state index is 5.54. The van der Waals surface area contributed by atoms with Crippen molar-refractivity contribution >= 4 is 0 Å². The molecule has 0 aliphatic rings. The Bertz CT molecular complexity index is 424. The molecule has 1 unspecified atom stereocenters. The van der Waals surface area contributed by atoms with Gasteiger partial charge in [0.25, 0.3) is 0 Å². The highest BCUT2D eigenvalue weighted by Gasteiger charge is 2.20. The van der Waals surface area contributed by atoms with Gasteiger partial charge in [-0.15, -0.1) is 0 Å². The van der Waals surface area contributed by atoms with Crippen molar-refractivity contribution in [1.29, 1.82) is 0 Å². The second kappa shape index (κ2) is 8.28. The van der Waals surface area contributed by atoms with Crippen molar-refractivity contribution in [2.24, 2.45) is 5.41 Å². The first-order valence-corrected chi connectivity index (χ1v) is 7.86. The van der Waals surface area contributed by atoms with Crippen LogP contribution in [0.2, 0.25) is 0 Å². The Morgan fingerprint density at radius 1 is 1.14 bits per heavy atom. The van der Waals surface area contributed by atoms with Gasteiger partial charge < -0.3 is 14.8 Å². The van der Waals surface area contributed by atoms with Crippen LogP contribution in [0, 0.1) is 5.41 Å². The van der Waals surface area contributed by atoms with Crippen molar-refractivity contribution in [3.8, 4) is 11.5 Å². The van der Waals surface area contributed by atoms with Crippen molar-refractivity contribution in [2.75, 3.05) is 20.8 Å².